The van der Waals surface area contributed by atoms with Crippen LogP contribution in [-0.4, -0.2) is 33.2 Å². The van der Waals surface area contributed by atoms with Gasteiger partial charge in [0.25, 0.3) is 0 Å². The van der Waals surface area contributed by atoms with Gasteiger partial charge in [0.15, 0.2) is 0 Å². The number of methoxy groups -OCH3 is 1. The fourth-order valence-corrected chi connectivity index (χ4v) is 3.47. The van der Waals surface area contributed by atoms with E-state index in [0.29, 0.717) is 24.2 Å². The van der Waals surface area contributed by atoms with Crippen LogP contribution in [0.25, 0.3) is 0 Å². The molecule has 0 aliphatic heterocycles. The van der Waals surface area contributed by atoms with Gasteiger partial charge in [-0.3, -0.25) is 0 Å². The van der Waals surface area contributed by atoms with Gasteiger partial charge in [-0.15, -0.1) is 0 Å². The average molecular weight is 316 g/mol. The minimum atomic E-state index is -3.44. The quantitative estimate of drug-likeness (QED) is 0.704. The standard InChI is InChI=1S/C13H20N2O3S2/c1-10(7-8-18-2)15-20(16,17)9-11-5-3-4-6-12(11)13(14)19/h3-6,10,15H,7-9H2,1-2H3,(H2,14,19). The van der Waals surface area contributed by atoms with E-state index < -0.39 is 10.0 Å². The van der Waals surface area contributed by atoms with Crippen LogP contribution in [0.5, 0.6) is 0 Å². The van der Waals surface area contributed by atoms with Gasteiger partial charge < -0.3 is 10.5 Å². The smallest absolute Gasteiger partial charge is 0.216 e. The molecule has 1 atom stereocenters. The number of hydrogen-bond acceptors (Lipinski definition) is 4. The number of nitrogens with two attached hydrogens (primary N) is 1. The molecule has 1 aromatic carbocycles. The van der Waals surface area contributed by atoms with Crippen LogP contribution in [0.15, 0.2) is 24.3 Å². The Morgan fingerprint density at radius 1 is 1.45 bits per heavy atom. The Morgan fingerprint density at radius 3 is 2.70 bits per heavy atom. The first-order valence-electron chi connectivity index (χ1n) is 6.22. The zero-order valence-electron chi connectivity index (χ0n) is 11.6. The molecule has 0 fully saturated rings. The van der Waals surface area contributed by atoms with Crippen LogP contribution in [0.4, 0.5) is 0 Å². The zero-order valence-corrected chi connectivity index (χ0v) is 13.3. The molecule has 20 heavy (non-hydrogen) atoms. The Balaban J connectivity index is 2.79. The number of ether oxygens (including phenoxy) is 1. The predicted octanol–water partition coefficient (Wildman–Crippen LogP) is 1.17. The van der Waals surface area contributed by atoms with Crippen LogP contribution >= 0.6 is 12.2 Å². The van der Waals surface area contributed by atoms with E-state index in [1.165, 1.54) is 0 Å². The normalized spacial score (nSPS) is 13.1. The van der Waals surface area contributed by atoms with E-state index in [9.17, 15) is 8.42 Å². The molecular formula is C13H20N2O3S2. The van der Waals surface area contributed by atoms with E-state index in [4.69, 9.17) is 22.7 Å². The molecule has 7 heteroatoms. The van der Waals surface area contributed by atoms with Crippen molar-refractivity contribution in [1.29, 1.82) is 0 Å². The first kappa shape index (κ1) is 17.0. The highest BCUT2D eigenvalue weighted by Gasteiger charge is 2.17. The molecule has 0 bridgehead atoms. The molecule has 0 radical (unpaired) electrons. The summed E-state index contributed by atoms with van der Waals surface area (Å²) in [7, 11) is -1.86. The Labute approximate surface area is 125 Å². The third-order valence-corrected chi connectivity index (χ3v) is 4.44. The van der Waals surface area contributed by atoms with Crippen LogP contribution in [-0.2, 0) is 20.5 Å². The van der Waals surface area contributed by atoms with E-state index in [0.717, 1.165) is 0 Å². The van der Waals surface area contributed by atoms with Gasteiger partial charge >= 0.3 is 0 Å². The van der Waals surface area contributed by atoms with Gasteiger partial charge in [-0.1, -0.05) is 36.5 Å². The van der Waals surface area contributed by atoms with Gasteiger partial charge in [0.1, 0.15) is 4.99 Å². The van der Waals surface area contributed by atoms with Gasteiger partial charge in [0, 0.05) is 25.3 Å². The summed E-state index contributed by atoms with van der Waals surface area (Å²) in [6.07, 6.45) is 0.618. The highest BCUT2D eigenvalue weighted by molar-refractivity contribution is 7.88. The molecule has 0 aliphatic rings. The van der Waals surface area contributed by atoms with E-state index in [1.807, 2.05) is 0 Å². The molecule has 0 aliphatic carbocycles. The lowest BCUT2D eigenvalue weighted by molar-refractivity contribution is 0.188. The Kier molecular flexibility index (Phi) is 6.54. The van der Waals surface area contributed by atoms with Crippen molar-refractivity contribution >= 4 is 27.2 Å². The lowest BCUT2D eigenvalue weighted by Gasteiger charge is -2.15. The van der Waals surface area contributed by atoms with Crippen LogP contribution in [0.3, 0.4) is 0 Å². The van der Waals surface area contributed by atoms with Crippen LogP contribution in [0, 0.1) is 0 Å². The van der Waals surface area contributed by atoms with Crippen LogP contribution in [0.1, 0.15) is 24.5 Å². The molecule has 0 aromatic heterocycles. The minimum Gasteiger partial charge on any atom is -0.389 e. The molecular weight excluding hydrogens is 296 g/mol. The summed E-state index contributed by atoms with van der Waals surface area (Å²) in [5, 5.41) is 0. The van der Waals surface area contributed by atoms with E-state index >= 15 is 0 Å². The van der Waals surface area contributed by atoms with Crippen molar-refractivity contribution in [1.82, 2.24) is 4.72 Å². The summed E-state index contributed by atoms with van der Waals surface area (Å²) in [6.45, 7) is 2.31. The van der Waals surface area contributed by atoms with Crippen molar-refractivity contribution in [2.45, 2.75) is 25.1 Å². The lowest BCUT2D eigenvalue weighted by atomic mass is 10.1. The van der Waals surface area contributed by atoms with Crippen molar-refractivity contribution in [2.24, 2.45) is 5.73 Å². The summed E-state index contributed by atoms with van der Waals surface area (Å²) >= 11 is 4.93. The van der Waals surface area contributed by atoms with Crippen LogP contribution in [0.2, 0.25) is 0 Å². The van der Waals surface area contributed by atoms with Crippen LogP contribution < -0.4 is 10.5 Å². The Morgan fingerprint density at radius 2 is 2.10 bits per heavy atom. The number of benzene rings is 1. The third-order valence-electron chi connectivity index (χ3n) is 2.76. The molecule has 0 spiro atoms. The van der Waals surface area contributed by atoms with Crippen molar-refractivity contribution < 1.29 is 13.2 Å². The SMILES string of the molecule is COCCC(C)NS(=O)(=O)Cc1ccccc1C(N)=S. The fourth-order valence-electron chi connectivity index (χ4n) is 1.79. The molecule has 1 unspecified atom stereocenters. The van der Waals surface area contributed by atoms with Crippen molar-refractivity contribution in [3.63, 3.8) is 0 Å². The number of nitrogens with one attached hydrogen (secondary N) is 1. The van der Waals surface area contributed by atoms with Gasteiger partial charge in [-0.2, -0.15) is 0 Å². The highest BCUT2D eigenvalue weighted by Crippen LogP contribution is 2.12. The van der Waals surface area contributed by atoms with E-state index in [-0.39, 0.29) is 16.8 Å². The van der Waals surface area contributed by atoms with Gasteiger partial charge in [0.2, 0.25) is 10.0 Å². The molecule has 0 heterocycles. The summed E-state index contributed by atoms with van der Waals surface area (Å²) < 4.78 is 31.8. The summed E-state index contributed by atoms with van der Waals surface area (Å²) in [5.41, 5.74) is 6.80. The summed E-state index contributed by atoms with van der Waals surface area (Å²) in [5.74, 6) is -0.141. The molecule has 5 nitrogen and oxygen atoms in total. The maximum absolute atomic E-state index is 12.1. The van der Waals surface area contributed by atoms with Crippen molar-refractivity contribution in [3.8, 4) is 0 Å². The molecule has 1 rings (SSSR count). The molecule has 112 valence electrons. The predicted molar refractivity (Wildman–Crippen MR) is 84.0 cm³/mol. The minimum absolute atomic E-state index is 0.141. The second kappa shape index (κ2) is 7.68. The number of sulfonamides is 1. The molecule has 0 saturated heterocycles. The summed E-state index contributed by atoms with van der Waals surface area (Å²) in [4.78, 5) is 0.197. The maximum atomic E-state index is 12.1. The van der Waals surface area contributed by atoms with Gasteiger partial charge in [-0.25, -0.2) is 13.1 Å². The number of hydrogen-bond donors (Lipinski definition) is 2. The number of thiocarbonyl (C=S) groups is 1. The third kappa shape index (κ3) is 5.54. The van der Waals surface area contributed by atoms with Gasteiger partial charge in [0.05, 0.1) is 5.75 Å². The molecule has 0 amide bonds. The maximum Gasteiger partial charge on any atom is 0.216 e. The molecule has 3 N–H and O–H groups in total. The number of rotatable bonds is 8. The van der Waals surface area contributed by atoms with Crippen molar-refractivity contribution in [2.75, 3.05) is 13.7 Å². The second-order valence-corrected chi connectivity index (χ2v) is 6.77. The van der Waals surface area contributed by atoms with Gasteiger partial charge in [-0.05, 0) is 18.9 Å². The first-order valence-corrected chi connectivity index (χ1v) is 8.28. The van der Waals surface area contributed by atoms with E-state index in [1.54, 1.807) is 38.3 Å². The summed E-state index contributed by atoms with van der Waals surface area (Å²) in [6, 6.07) is 6.80. The Hall–Kier alpha value is -1.02. The average Bonchev–Trinajstić information content (AvgIpc) is 2.35. The first-order chi connectivity index (χ1) is 9.35. The monoisotopic (exact) mass is 316 g/mol. The zero-order chi connectivity index (χ0) is 15.2. The molecule has 0 saturated carbocycles. The van der Waals surface area contributed by atoms with E-state index in [2.05, 4.69) is 4.72 Å². The van der Waals surface area contributed by atoms with Crippen molar-refractivity contribution in [3.05, 3.63) is 35.4 Å². The molecule has 1 aromatic rings. The fraction of sp³-hybridized carbons (Fsp3) is 0.462. The lowest BCUT2D eigenvalue weighted by Crippen LogP contribution is -2.34. The largest absolute Gasteiger partial charge is 0.389 e. The topological polar surface area (TPSA) is 81.4 Å². The highest BCUT2D eigenvalue weighted by atomic mass is 32.2. The second-order valence-electron chi connectivity index (χ2n) is 4.58. The Bertz CT molecular complexity index is 558.